The van der Waals surface area contributed by atoms with E-state index in [0.29, 0.717) is 24.5 Å². The summed E-state index contributed by atoms with van der Waals surface area (Å²) in [5.41, 5.74) is 2.32. The molecule has 0 amide bonds. The van der Waals surface area contributed by atoms with E-state index < -0.39 is 0 Å². The quantitative estimate of drug-likeness (QED) is 0.880. The van der Waals surface area contributed by atoms with Crippen LogP contribution >= 0.6 is 0 Å². The molecule has 0 aliphatic carbocycles. The van der Waals surface area contributed by atoms with E-state index in [0.717, 1.165) is 16.8 Å². The summed E-state index contributed by atoms with van der Waals surface area (Å²) in [5.74, 6) is 1.47. The molecule has 2 aromatic rings. The Hall–Kier alpha value is -2.54. The molecule has 0 atom stereocenters. The van der Waals surface area contributed by atoms with Crippen molar-refractivity contribution in [2.45, 2.75) is 13.0 Å². The summed E-state index contributed by atoms with van der Waals surface area (Å²) < 4.78 is 17.6. The molecule has 7 nitrogen and oxygen atoms in total. The molecule has 0 saturated carbocycles. The van der Waals surface area contributed by atoms with Crippen molar-refractivity contribution in [3.8, 4) is 28.6 Å². The molecule has 23 heavy (non-hydrogen) atoms. The minimum absolute atomic E-state index is 0.0919. The average Bonchev–Trinajstić information content (AvgIpc) is 2.58. The topological polar surface area (TPSA) is 82.8 Å². The van der Waals surface area contributed by atoms with E-state index in [9.17, 15) is 4.79 Å². The Morgan fingerprint density at radius 3 is 2.65 bits per heavy atom. The van der Waals surface area contributed by atoms with Crippen molar-refractivity contribution in [3.63, 3.8) is 0 Å². The van der Waals surface area contributed by atoms with Gasteiger partial charge in [0, 0.05) is 18.2 Å². The Morgan fingerprint density at radius 2 is 1.96 bits per heavy atom. The maximum Gasteiger partial charge on any atom is 0.351 e. The number of ether oxygens (including phenoxy) is 3. The van der Waals surface area contributed by atoms with Crippen molar-refractivity contribution in [2.75, 3.05) is 27.4 Å². The van der Waals surface area contributed by atoms with Gasteiger partial charge in [-0.15, -0.1) is 0 Å². The zero-order chi connectivity index (χ0) is 16.4. The van der Waals surface area contributed by atoms with E-state index in [-0.39, 0.29) is 24.8 Å². The zero-order valence-corrected chi connectivity index (χ0v) is 13.0. The van der Waals surface area contributed by atoms with Gasteiger partial charge in [-0.2, -0.15) is 4.98 Å². The van der Waals surface area contributed by atoms with Crippen molar-refractivity contribution in [1.29, 1.82) is 0 Å². The Labute approximate surface area is 133 Å². The summed E-state index contributed by atoms with van der Waals surface area (Å²) in [6, 6.07) is 5.49. The number of nitrogens with zero attached hydrogens (tertiary/aromatic N) is 2. The third-order valence-electron chi connectivity index (χ3n) is 3.82. The molecular formula is C16H18N2O5. The molecule has 0 bridgehead atoms. The summed E-state index contributed by atoms with van der Waals surface area (Å²) in [6.07, 6.45) is 0.709. The second-order valence-electron chi connectivity index (χ2n) is 5.10. The van der Waals surface area contributed by atoms with Crippen LogP contribution in [-0.2, 0) is 13.0 Å². The molecule has 1 aliphatic heterocycles. The Balaban J connectivity index is 2.15. The summed E-state index contributed by atoms with van der Waals surface area (Å²) in [6.45, 7) is 0.500. The highest BCUT2D eigenvalue weighted by Crippen LogP contribution is 2.38. The number of methoxy groups -OCH3 is 2. The predicted octanol–water partition coefficient (Wildman–Crippen LogP) is 0.855. The second kappa shape index (κ2) is 6.29. The lowest BCUT2D eigenvalue weighted by atomic mass is 9.97. The van der Waals surface area contributed by atoms with Crippen molar-refractivity contribution in [2.24, 2.45) is 0 Å². The number of hydrogen-bond acceptors (Lipinski definition) is 6. The third-order valence-corrected chi connectivity index (χ3v) is 3.82. The van der Waals surface area contributed by atoms with Gasteiger partial charge in [0.05, 0.1) is 26.5 Å². The molecule has 7 heteroatoms. The standard InChI is InChI=1S/C16H18N2O5/c1-21-13-7-10-3-4-18-12(11(10)8-14(13)22-2)9-15(17-16(18)20)23-6-5-19/h7-9,19H,3-6H2,1-2H3. The minimum atomic E-state index is -0.365. The van der Waals surface area contributed by atoms with Crippen LogP contribution < -0.4 is 19.9 Å². The molecule has 1 N–H and O–H groups in total. The SMILES string of the molecule is COc1cc2c(cc1OC)-c1cc(OCCO)nc(=O)n1CC2. The molecule has 0 spiro atoms. The van der Waals surface area contributed by atoms with Crippen LogP contribution in [0.2, 0.25) is 0 Å². The number of aliphatic hydroxyl groups is 1. The summed E-state index contributed by atoms with van der Waals surface area (Å²) >= 11 is 0. The van der Waals surface area contributed by atoms with Crippen LogP contribution in [0.5, 0.6) is 17.4 Å². The molecule has 1 aliphatic rings. The van der Waals surface area contributed by atoms with Gasteiger partial charge in [0.1, 0.15) is 6.61 Å². The van der Waals surface area contributed by atoms with Gasteiger partial charge >= 0.3 is 5.69 Å². The first kappa shape index (κ1) is 15.4. The first-order valence-corrected chi connectivity index (χ1v) is 7.28. The van der Waals surface area contributed by atoms with Gasteiger partial charge in [-0.1, -0.05) is 0 Å². The Kier molecular flexibility index (Phi) is 4.20. The van der Waals surface area contributed by atoms with Gasteiger partial charge < -0.3 is 19.3 Å². The van der Waals surface area contributed by atoms with Crippen LogP contribution in [0.3, 0.4) is 0 Å². The van der Waals surface area contributed by atoms with Crippen molar-refractivity contribution >= 4 is 0 Å². The van der Waals surface area contributed by atoms with Crippen molar-refractivity contribution in [3.05, 3.63) is 34.2 Å². The normalized spacial score (nSPS) is 12.3. The van der Waals surface area contributed by atoms with Gasteiger partial charge in [0.25, 0.3) is 0 Å². The highest BCUT2D eigenvalue weighted by molar-refractivity contribution is 5.70. The van der Waals surface area contributed by atoms with Crippen LogP contribution in [0, 0.1) is 0 Å². The lowest BCUT2D eigenvalue weighted by Gasteiger charge is -2.23. The number of fused-ring (bicyclic) bond motifs is 3. The average molecular weight is 318 g/mol. The maximum atomic E-state index is 12.2. The molecule has 0 fully saturated rings. The van der Waals surface area contributed by atoms with E-state index in [1.54, 1.807) is 24.9 Å². The van der Waals surface area contributed by atoms with Crippen molar-refractivity contribution in [1.82, 2.24) is 9.55 Å². The summed E-state index contributed by atoms with van der Waals surface area (Å²) in [7, 11) is 3.17. The highest BCUT2D eigenvalue weighted by Gasteiger charge is 2.21. The molecule has 2 heterocycles. The van der Waals surface area contributed by atoms with Gasteiger partial charge in [0.15, 0.2) is 11.5 Å². The molecule has 0 unspecified atom stereocenters. The predicted molar refractivity (Wildman–Crippen MR) is 83.3 cm³/mol. The summed E-state index contributed by atoms with van der Waals surface area (Å²) in [4.78, 5) is 16.1. The Bertz CT molecular complexity index is 785. The first-order valence-electron chi connectivity index (χ1n) is 7.28. The molecule has 0 saturated heterocycles. The van der Waals surface area contributed by atoms with Crippen LogP contribution in [0.15, 0.2) is 23.0 Å². The zero-order valence-electron chi connectivity index (χ0n) is 13.0. The number of aryl methyl sites for hydroxylation is 1. The monoisotopic (exact) mass is 318 g/mol. The van der Waals surface area contributed by atoms with Gasteiger partial charge in [-0.25, -0.2) is 4.79 Å². The minimum Gasteiger partial charge on any atom is -0.493 e. The molecular weight excluding hydrogens is 300 g/mol. The molecule has 122 valence electrons. The largest absolute Gasteiger partial charge is 0.493 e. The lowest BCUT2D eigenvalue weighted by Crippen LogP contribution is -2.28. The Morgan fingerprint density at radius 1 is 1.22 bits per heavy atom. The van der Waals surface area contributed by atoms with E-state index >= 15 is 0 Å². The van der Waals surface area contributed by atoms with E-state index in [1.807, 2.05) is 12.1 Å². The number of benzene rings is 1. The molecule has 1 aromatic heterocycles. The van der Waals surface area contributed by atoms with E-state index in [2.05, 4.69) is 4.98 Å². The lowest BCUT2D eigenvalue weighted by molar-refractivity contribution is 0.196. The number of aromatic nitrogens is 2. The van der Waals surface area contributed by atoms with Crippen LogP contribution in [0.25, 0.3) is 11.3 Å². The van der Waals surface area contributed by atoms with E-state index in [4.69, 9.17) is 19.3 Å². The smallest absolute Gasteiger partial charge is 0.351 e. The van der Waals surface area contributed by atoms with Gasteiger partial charge in [0.2, 0.25) is 5.88 Å². The van der Waals surface area contributed by atoms with Gasteiger partial charge in [-0.3, -0.25) is 4.57 Å². The number of hydrogen-bond donors (Lipinski definition) is 1. The number of aliphatic hydroxyl groups excluding tert-OH is 1. The fraction of sp³-hybridized carbons (Fsp3) is 0.375. The third kappa shape index (κ3) is 2.75. The molecule has 0 radical (unpaired) electrons. The summed E-state index contributed by atoms with van der Waals surface area (Å²) in [5, 5.41) is 8.85. The van der Waals surface area contributed by atoms with Crippen LogP contribution in [0.1, 0.15) is 5.56 Å². The molecule has 3 rings (SSSR count). The highest BCUT2D eigenvalue weighted by atomic mass is 16.5. The van der Waals surface area contributed by atoms with Crippen molar-refractivity contribution < 1.29 is 19.3 Å². The molecule has 1 aromatic carbocycles. The fourth-order valence-electron chi connectivity index (χ4n) is 2.75. The maximum absolute atomic E-state index is 12.2. The van der Waals surface area contributed by atoms with E-state index in [1.165, 1.54) is 0 Å². The van der Waals surface area contributed by atoms with Crippen LogP contribution in [0.4, 0.5) is 0 Å². The van der Waals surface area contributed by atoms with Crippen LogP contribution in [-0.4, -0.2) is 42.1 Å². The second-order valence-corrected chi connectivity index (χ2v) is 5.10. The number of rotatable bonds is 5. The fourth-order valence-corrected chi connectivity index (χ4v) is 2.75. The first-order chi connectivity index (χ1) is 11.2. The van der Waals surface area contributed by atoms with Gasteiger partial charge in [-0.05, 0) is 24.1 Å².